The molecule has 0 aliphatic carbocycles. The number of ether oxygens (including phenoxy) is 3. The number of nitrogens with zero attached hydrogens (tertiary/aromatic N) is 2. The molecule has 1 aliphatic rings. The molecule has 0 spiro atoms. The van der Waals surface area contributed by atoms with E-state index in [1.807, 2.05) is 26.0 Å². The van der Waals surface area contributed by atoms with Gasteiger partial charge in [-0.3, -0.25) is 4.99 Å². The molecule has 0 aromatic heterocycles. The molecule has 7 heteroatoms. The fourth-order valence-corrected chi connectivity index (χ4v) is 2.44. The number of hydrogen-bond acceptors (Lipinski definition) is 6. The van der Waals surface area contributed by atoms with E-state index in [0.29, 0.717) is 18.0 Å². The first-order valence-corrected chi connectivity index (χ1v) is 8.33. The molecule has 0 fully saturated rings. The highest BCUT2D eigenvalue weighted by Crippen LogP contribution is 2.33. The van der Waals surface area contributed by atoms with E-state index >= 15 is 0 Å². The second-order valence-electron chi connectivity index (χ2n) is 6.49. The molecule has 1 heterocycles. The van der Waals surface area contributed by atoms with Crippen LogP contribution in [0.3, 0.4) is 0 Å². The monoisotopic (exact) mass is 350 g/mol. The van der Waals surface area contributed by atoms with Gasteiger partial charge in [-0.1, -0.05) is 0 Å². The van der Waals surface area contributed by atoms with Gasteiger partial charge in [-0.25, -0.2) is 4.79 Å². The summed E-state index contributed by atoms with van der Waals surface area (Å²) in [5, 5.41) is 9.29. The minimum atomic E-state index is -0.739. The summed E-state index contributed by atoms with van der Waals surface area (Å²) >= 11 is 0. The van der Waals surface area contributed by atoms with Crippen molar-refractivity contribution >= 4 is 12.5 Å². The minimum Gasteiger partial charge on any atom is -0.493 e. The quantitative estimate of drug-likeness (QED) is 0.367. The molecule has 0 radical (unpaired) electrons. The molecule has 0 saturated carbocycles. The third-order valence-corrected chi connectivity index (χ3v) is 3.94. The third kappa shape index (κ3) is 5.09. The van der Waals surface area contributed by atoms with Crippen LogP contribution >= 0.6 is 0 Å². The topological polar surface area (TPSA) is 80.6 Å². The number of benzene rings is 1. The van der Waals surface area contributed by atoms with Crippen LogP contribution in [0.1, 0.15) is 31.9 Å². The van der Waals surface area contributed by atoms with Crippen molar-refractivity contribution < 1.29 is 24.1 Å². The van der Waals surface area contributed by atoms with E-state index in [1.54, 1.807) is 13.3 Å². The Balaban J connectivity index is 2.16. The number of fused-ring (bicyclic) bond motifs is 1. The molecular formula is C18H26N2O5. The van der Waals surface area contributed by atoms with Gasteiger partial charge in [0.1, 0.15) is 0 Å². The average molecular weight is 350 g/mol. The first-order valence-electron chi connectivity index (χ1n) is 8.33. The molecule has 0 unspecified atom stereocenters. The third-order valence-electron chi connectivity index (χ3n) is 3.94. The molecular weight excluding hydrogens is 324 g/mol. The molecule has 0 amide bonds. The van der Waals surface area contributed by atoms with Crippen LogP contribution in [0.25, 0.3) is 0 Å². The molecule has 0 atom stereocenters. The molecule has 0 bridgehead atoms. The largest absolute Gasteiger partial charge is 0.513 e. The lowest BCUT2D eigenvalue weighted by molar-refractivity contribution is 0.103. The van der Waals surface area contributed by atoms with E-state index in [9.17, 15) is 9.90 Å². The molecule has 0 saturated heterocycles. The smallest absolute Gasteiger partial charge is 0.493 e. The molecule has 1 aromatic carbocycles. The maximum Gasteiger partial charge on any atom is 0.513 e. The second kappa shape index (κ2) is 8.20. The van der Waals surface area contributed by atoms with Crippen LogP contribution in [0.2, 0.25) is 0 Å². The zero-order valence-corrected chi connectivity index (χ0v) is 15.2. The zero-order chi connectivity index (χ0) is 18.4. The lowest BCUT2D eigenvalue weighted by Crippen LogP contribution is -2.32. The van der Waals surface area contributed by atoms with Crippen molar-refractivity contribution in [2.45, 2.75) is 39.3 Å². The maximum atomic E-state index is 11.6. The normalized spacial score (nSPS) is 14.4. The van der Waals surface area contributed by atoms with Crippen LogP contribution < -0.4 is 9.47 Å². The van der Waals surface area contributed by atoms with Gasteiger partial charge in [-0.2, -0.15) is 0 Å². The van der Waals surface area contributed by atoms with E-state index in [1.165, 1.54) is 7.11 Å². The van der Waals surface area contributed by atoms with Gasteiger partial charge >= 0.3 is 6.16 Å². The number of aliphatic hydroxyl groups is 1. The SMILES string of the molecule is CCOC(=O)Oc1cc2c(cc1OC)CN(C=NC(C)(C)CO)CC2. The minimum absolute atomic E-state index is 0.00366. The summed E-state index contributed by atoms with van der Waals surface area (Å²) in [6.07, 6.45) is 1.84. The van der Waals surface area contributed by atoms with Crippen molar-refractivity contribution in [3.63, 3.8) is 0 Å². The van der Waals surface area contributed by atoms with Gasteiger partial charge in [-0.05, 0) is 50.5 Å². The molecule has 25 heavy (non-hydrogen) atoms. The maximum absolute atomic E-state index is 11.6. The first kappa shape index (κ1) is 19.1. The summed E-state index contributed by atoms with van der Waals surface area (Å²) < 4.78 is 15.4. The number of hydrogen-bond donors (Lipinski definition) is 1. The standard InChI is InChI=1S/C18H26N2O5/c1-5-24-17(22)25-16-8-13-6-7-20(12-19-18(2,3)11-21)10-14(13)9-15(16)23-4/h8-9,12,21H,5-7,10-11H2,1-4H3. The molecule has 2 rings (SSSR count). The number of methoxy groups -OCH3 is 1. The van der Waals surface area contributed by atoms with Gasteiger partial charge in [0.2, 0.25) is 0 Å². The van der Waals surface area contributed by atoms with Crippen molar-refractivity contribution in [3.05, 3.63) is 23.3 Å². The van der Waals surface area contributed by atoms with Gasteiger partial charge in [0.25, 0.3) is 0 Å². The van der Waals surface area contributed by atoms with E-state index < -0.39 is 11.7 Å². The van der Waals surface area contributed by atoms with Crippen LogP contribution in [0.5, 0.6) is 11.5 Å². The molecule has 1 aromatic rings. The number of aliphatic hydroxyl groups excluding tert-OH is 1. The van der Waals surface area contributed by atoms with Crippen LogP contribution in [0, 0.1) is 0 Å². The van der Waals surface area contributed by atoms with Crippen molar-refractivity contribution in [1.82, 2.24) is 4.90 Å². The number of aliphatic imine (C=N–C) groups is 1. The average Bonchev–Trinajstić information content (AvgIpc) is 2.59. The summed E-state index contributed by atoms with van der Waals surface area (Å²) in [5.41, 5.74) is 1.70. The highest BCUT2D eigenvalue weighted by atomic mass is 16.7. The summed E-state index contributed by atoms with van der Waals surface area (Å²) in [5.74, 6) is 0.851. The fraction of sp³-hybridized carbons (Fsp3) is 0.556. The van der Waals surface area contributed by atoms with Crippen LogP contribution in [-0.4, -0.2) is 54.9 Å². The lowest BCUT2D eigenvalue weighted by atomic mass is 9.99. The Hall–Kier alpha value is -2.28. The first-order chi connectivity index (χ1) is 11.9. The van der Waals surface area contributed by atoms with Gasteiger partial charge in [0, 0.05) is 13.1 Å². The van der Waals surface area contributed by atoms with Crippen molar-refractivity contribution in [2.24, 2.45) is 4.99 Å². The van der Waals surface area contributed by atoms with Gasteiger partial charge < -0.3 is 24.2 Å². The molecule has 138 valence electrons. The second-order valence-corrected chi connectivity index (χ2v) is 6.49. The molecule has 1 aliphatic heterocycles. The lowest BCUT2D eigenvalue weighted by Gasteiger charge is -2.29. The Morgan fingerprint density at radius 2 is 2.08 bits per heavy atom. The summed E-state index contributed by atoms with van der Waals surface area (Å²) in [6, 6.07) is 3.71. The van der Waals surface area contributed by atoms with Crippen molar-refractivity contribution in [2.75, 3.05) is 26.9 Å². The van der Waals surface area contributed by atoms with E-state index in [4.69, 9.17) is 14.2 Å². The van der Waals surface area contributed by atoms with Gasteiger partial charge in [0.05, 0.1) is 32.2 Å². The predicted octanol–water partition coefficient (Wildman–Crippen LogP) is 2.39. The Morgan fingerprint density at radius 1 is 1.36 bits per heavy atom. The van der Waals surface area contributed by atoms with Gasteiger partial charge in [-0.15, -0.1) is 0 Å². The summed E-state index contributed by atoms with van der Waals surface area (Å²) in [6.45, 7) is 7.20. The highest BCUT2D eigenvalue weighted by molar-refractivity contribution is 5.66. The summed E-state index contributed by atoms with van der Waals surface area (Å²) in [4.78, 5) is 18.1. The zero-order valence-electron chi connectivity index (χ0n) is 15.2. The Labute approximate surface area is 148 Å². The van der Waals surface area contributed by atoms with E-state index in [0.717, 1.165) is 24.1 Å². The van der Waals surface area contributed by atoms with Crippen molar-refractivity contribution in [1.29, 1.82) is 0 Å². The number of rotatable bonds is 6. The summed E-state index contributed by atoms with van der Waals surface area (Å²) in [7, 11) is 1.53. The van der Waals surface area contributed by atoms with Crippen LogP contribution in [0.4, 0.5) is 4.79 Å². The Bertz CT molecular complexity index is 643. The van der Waals surface area contributed by atoms with E-state index in [2.05, 4.69) is 9.89 Å². The van der Waals surface area contributed by atoms with Crippen LogP contribution in [-0.2, 0) is 17.7 Å². The molecule has 7 nitrogen and oxygen atoms in total. The number of carbonyl (C=O) groups is 1. The fourth-order valence-electron chi connectivity index (χ4n) is 2.44. The molecule has 1 N–H and O–H groups in total. The van der Waals surface area contributed by atoms with Crippen LogP contribution in [0.15, 0.2) is 17.1 Å². The van der Waals surface area contributed by atoms with Crippen molar-refractivity contribution in [3.8, 4) is 11.5 Å². The predicted molar refractivity (Wildman–Crippen MR) is 94.4 cm³/mol. The highest BCUT2D eigenvalue weighted by Gasteiger charge is 2.21. The Morgan fingerprint density at radius 3 is 2.72 bits per heavy atom. The van der Waals surface area contributed by atoms with E-state index in [-0.39, 0.29) is 13.2 Å². The number of carbonyl (C=O) groups excluding carboxylic acids is 1. The Kier molecular flexibility index (Phi) is 6.25. The van der Waals surface area contributed by atoms with Gasteiger partial charge in [0.15, 0.2) is 11.5 Å².